The Morgan fingerprint density at radius 2 is 1.73 bits per heavy atom. The number of ketones is 1. The largest absolute Gasteiger partial charge is 0.507 e. The number of ether oxygens (including phenoxy) is 2. The molecule has 0 bridgehead atoms. The van der Waals surface area contributed by atoms with Crippen LogP contribution < -0.4 is 9.47 Å². The zero-order valence-electron chi connectivity index (χ0n) is 18.5. The molecule has 2 heterocycles. The molecular formula is C26H25NO5S. The molecule has 1 saturated heterocycles. The molecule has 1 N–H and O–H groups in total. The van der Waals surface area contributed by atoms with E-state index in [1.165, 1.54) is 16.2 Å². The van der Waals surface area contributed by atoms with Crippen LogP contribution in [0.25, 0.3) is 5.76 Å². The molecule has 7 heteroatoms. The molecule has 1 aliphatic rings. The Labute approximate surface area is 196 Å². The van der Waals surface area contributed by atoms with Crippen molar-refractivity contribution < 1.29 is 24.2 Å². The molecule has 1 aliphatic heterocycles. The third-order valence-corrected chi connectivity index (χ3v) is 6.34. The minimum atomic E-state index is -0.714. The molecule has 1 atom stereocenters. The summed E-state index contributed by atoms with van der Waals surface area (Å²) >= 11 is 1.51. The average Bonchev–Trinajstić information content (AvgIpc) is 3.45. The number of benzene rings is 2. The van der Waals surface area contributed by atoms with Crippen LogP contribution in [0, 0.1) is 0 Å². The zero-order chi connectivity index (χ0) is 23.4. The highest BCUT2D eigenvalue weighted by atomic mass is 32.1. The summed E-state index contributed by atoms with van der Waals surface area (Å²) in [6.07, 6.45) is 0.886. The highest BCUT2D eigenvalue weighted by molar-refractivity contribution is 7.09. The molecule has 0 spiro atoms. The summed E-state index contributed by atoms with van der Waals surface area (Å²) in [5, 5.41) is 13.1. The second kappa shape index (κ2) is 9.92. The van der Waals surface area contributed by atoms with Crippen molar-refractivity contribution in [1.29, 1.82) is 0 Å². The molecule has 4 rings (SSSR count). The van der Waals surface area contributed by atoms with Crippen LogP contribution in [0.3, 0.4) is 0 Å². The second-order valence-electron chi connectivity index (χ2n) is 7.65. The van der Waals surface area contributed by atoms with Gasteiger partial charge in [-0.2, -0.15) is 0 Å². The summed E-state index contributed by atoms with van der Waals surface area (Å²) in [5.74, 6) is -0.190. The summed E-state index contributed by atoms with van der Waals surface area (Å²) in [5.41, 5.74) is 1.24. The Kier molecular flexibility index (Phi) is 6.79. The summed E-state index contributed by atoms with van der Waals surface area (Å²) in [6.45, 7) is 2.89. The first kappa shape index (κ1) is 22.6. The smallest absolute Gasteiger partial charge is 0.295 e. The topological polar surface area (TPSA) is 76.1 Å². The number of nitrogens with zero attached hydrogens (tertiary/aromatic N) is 1. The van der Waals surface area contributed by atoms with Crippen molar-refractivity contribution in [2.45, 2.75) is 25.9 Å². The van der Waals surface area contributed by atoms with Gasteiger partial charge < -0.3 is 19.5 Å². The Hall–Kier alpha value is -3.58. The SMILES string of the molecule is CCCOc1ccc(/C(O)=C2/C(=O)C(=O)N(Cc3cccs3)C2c2ccc(OC)cc2)cc1. The van der Waals surface area contributed by atoms with Crippen molar-refractivity contribution in [1.82, 2.24) is 4.90 Å². The summed E-state index contributed by atoms with van der Waals surface area (Å²) in [7, 11) is 1.58. The van der Waals surface area contributed by atoms with Gasteiger partial charge in [-0.25, -0.2) is 0 Å². The standard InChI is InChI=1S/C26H25NO5S/c1-3-14-32-20-12-8-18(9-13-20)24(28)22-23(17-6-10-19(31-2)11-7-17)27(26(30)25(22)29)16-21-5-4-15-33-21/h4-13,15,23,28H,3,14,16H2,1-2H3/b24-22-. The van der Waals surface area contributed by atoms with Gasteiger partial charge in [-0.05, 0) is 59.8 Å². The molecule has 33 heavy (non-hydrogen) atoms. The zero-order valence-corrected chi connectivity index (χ0v) is 19.3. The fourth-order valence-electron chi connectivity index (χ4n) is 3.83. The number of Topliss-reactive ketones (excluding diaryl/α,β-unsaturated/α-hetero) is 1. The van der Waals surface area contributed by atoms with Crippen LogP contribution in [-0.2, 0) is 16.1 Å². The van der Waals surface area contributed by atoms with E-state index in [0.29, 0.717) is 23.7 Å². The van der Waals surface area contributed by atoms with Crippen LogP contribution in [0.4, 0.5) is 0 Å². The number of carbonyl (C=O) groups excluding carboxylic acids is 2. The first-order valence-corrected chi connectivity index (χ1v) is 11.6. The van der Waals surface area contributed by atoms with Crippen LogP contribution in [0.5, 0.6) is 11.5 Å². The Morgan fingerprint density at radius 3 is 2.33 bits per heavy atom. The minimum Gasteiger partial charge on any atom is -0.507 e. The molecule has 1 aromatic heterocycles. The van der Waals surface area contributed by atoms with E-state index in [2.05, 4.69) is 0 Å². The maximum atomic E-state index is 13.1. The summed E-state index contributed by atoms with van der Waals surface area (Å²) < 4.78 is 10.9. The van der Waals surface area contributed by atoms with Gasteiger partial charge in [-0.3, -0.25) is 9.59 Å². The lowest BCUT2D eigenvalue weighted by Gasteiger charge is -2.25. The van der Waals surface area contributed by atoms with Gasteiger partial charge in [0.15, 0.2) is 0 Å². The Balaban J connectivity index is 1.77. The fraction of sp³-hybridized carbons (Fsp3) is 0.231. The lowest BCUT2D eigenvalue weighted by Crippen LogP contribution is -2.28. The van der Waals surface area contributed by atoms with E-state index in [9.17, 15) is 14.7 Å². The van der Waals surface area contributed by atoms with Crippen LogP contribution >= 0.6 is 11.3 Å². The van der Waals surface area contributed by atoms with Crippen molar-refractivity contribution in [3.8, 4) is 11.5 Å². The maximum Gasteiger partial charge on any atom is 0.295 e. The number of aliphatic hydroxyl groups excluding tert-OH is 1. The highest BCUT2D eigenvalue weighted by Crippen LogP contribution is 2.41. The number of methoxy groups -OCH3 is 1. The molecule has 1 amide bonds. The van der Waals surface area contributed by atoms with Crippen LogP contribution in [-0.4, -0.2) is 35.4 Å². The molecule has 1 unspecified atom stereocenters. The number of amides is 1. The number of rotatable bonds is 8. The number of thiophene rings is 1. The van der Waals surface area contributed by atoms with Gasteiger partial charge in [0.2, 0.25) is 0 Å². The van der Waals surface area contributed by atoms with Crippen LogP contribution in [0.2, 0.25) is 0 Å². The van der Waals surface area contributed by atoms with Crippen molar-refractivity contribution in [2.75, 3.05) is 13.7 Å². The van der Waals surface area contributed by atoms with Gasteiger partial charge in [-0.1, -0.05) is 25.1 Å². The average molecular weight is 464 g/mol. The van der Waals surface area contributed by atoms with E-state index >= 15 is 0 Å². The van der Waals surface area contributed by atoms with Crippen molar-refractivity contribution in [2.24, 2.45) is 0 Å². The van der Waals surface area contributed by atoms with Crippen molar-refractivity contribution in [3.05, 3.63) is 87.6 Å². The van der Waals surface area contributed by atoms with Gasteiger partial charge in [-0.15, -0.1) is 11.3 Å². The molecule has 2 aromatic carbocycles. The Bertz CT molecular complexity index is 1150. The van der Waals surface area contributed by atoms with Gasteiger partial charge in [0.1, 0.15) is 17.3 Å². The van der Waals surface area contributed by atoms with E-state index in [4.69, 9.17) is 9.47 Å². The van der Waals surface area contributed by atoms with Gasteiger partial charge in [0.25, 0.3) is 11.7 Å². The van der Waals surface area contributed by atoms with Gasteiger partial charge >= 0.3 is 0 Å². The number of carbonyl (C=O) groups is 2. The predicted octanol–water partition coefficient (Wildman–Crippen LogP) is 5.17. The summed E-state index contributed by atoms with van der Waals surface area (Å²) in [6, 6.07) is 17.2. The minimum absolute atomic E-state index is 0.0731. The Morgan fingerprint density at radius 1 is 1.03 bits per heavy atom. The highest BCUT2D eigenvalue weighted by Gasteiger charge is 2.46. The fourth-order valence-corrected chi connectivity index (χ4v) is 4.53. The van der Waals surface area contributed by atoms with Crippen LogP contribution in [0.1, 0.15) is 35.4 Å². The van der Waals surface area contributed by atoms with E-state index in [1.807, 2.05) is 36.6 Å². The monoisotopic (exact) mass is 463 g/mol. The lowest BCUT2D eigenvalue weighted by molar-refractivity contribution is -0.140. The second-order valence-corrected chi connectivity index (χ2v) is 8.68. The molecule has 1 fully saturated rings. The third-order valence-electron chi connectivity index (χ3n) is 5.48. The van der Waals surface area contributed by atoms with E-state index < -0.39 is 17.7 Å². The molecule has 6 nitrogen and oxygen atoms in total. The van der Waals surface area contributed by atoms with Gasteiger partial charge in [0, 0.05) is 10.4 Å². The molecule has 170 valence electrons. The quantitative estimate of drug-likeness (QED) is 0.283. The van der Waals surface area contributed by atoms with Crippen molar-refractivity contribution >= 4 is 28.8 Å². The maximum absolute atomic E-state index is 13.1. The molecule has 3 aromatic rings. The molecule has 0 saturated carbocycles. The molecule has 0 aliphatic carbocycles. The van der Waals surface area contributed by atoms with Crippen LogP contribution in [0.15, 0.2) is 71.6 Å². The lowest BCUT2D eigenvalue weighted by atomic mass is 9.95. The normalized spacial score (nSPS) is 17.4. The summed E-state index contributed by atoms with van der Waals surface area (Å²) in [4.78, 5) is 28.6. The number of hydrogen-bond acceptors (Lipinski definition) is 6. The number of hydrogen-bond donors (Lipinski definition) is 1. The van der Waals surface area contributed by atoms with Gasteiger partial charge in [0.05, 0.1) is 31.9 Å². The van der Waals surface area contributed by atoms with E-state index in [-0.39, 0.29) is 17.9 Å². The van der Waals surface area contributed by atoms with E-state index in [0.717, 1.165) is 16.9 Å². The third kappa shape index (κ3) is 4.64. The first-order chi connectivity index (χ1) is 16.0. The predicted molar refractivity (Wildman–Crippen MR) is 127 cm³/mol. The molecule has 0 radical (unpaired) electrons. The molecular weight excluding hydrogens is 438 g/mol. The van der Waals surface area contributed by atoms with E-state index in [1.54, 1.807) is 43.5 Å². The number of likely N-dealkylation sites (tertiary alicyclic amines) is 1. The number of aliphatic hydroxyl groups is 1. The first-order valence-electron chi connectivity index (χ1n) is 10.7. The van der Waals surface area contributed by atoms with Crippen molar-refractivity contribution in [3.63, 3.8) is 0 Å².